The van der Waals surface area contributed by atoms with Crippen molar-refractivity contribution in [3.63, 3.8) is 0 Å². The number of esters is 1. The highest BCUT2D eigenvalue weighted by Gasteiger charge is 2.27. The molecule has 0 heterocycles. The zero-order valence-electron chi connectivity index (χ0n) is 50.8. The zero-order chi connectivity index (χ0) is 57.9. The van der Waals surface area contributed by atoms with Gasteiger partial charge in [-0.05, 0) is 122 Å². The van der Waals surface area contributed by atoms with E-state index < -0.39 is 32.5 Å². The first-order chi connectivity index (χ1) is 38.4. The minimum atomic E-state index is -4.74. The summed E-state index contributed by atoms with van der Waals surface area (Å²) in [5.74, 6) is -0.704. The van der Waals surface area contributed by atoms with E-state index in [0.29, 0.717) is 23.9 Å². The Morgan fingerprint density at radius 3 is 1.24 bits per heavy atom. The number of amides is 1. The van der Waals surface area contributed by atoms with Crippen LogP contribution in [-0.2, 0) is 27.9 Å². The fraction of sp³-hybridized carbons (Fsp3) is 0.594. The van der Waals surface area contributed by atoms with Gasteiger partial charge in [0.05, 0.1) is 33.8 Å². The van der Waals surface area contributed by atoms with Crippen LogP contribution in [-0.4, -0.2) is 69.4 Å². The number of hydrogen-bond acceptors (Lipinski definition) is 7. The van der Waals surface area contributed by atoms with E-state index in [-0.39, 0.29) is 25.4 Å². The lowest BCUT2D eigenvalue weighted by atomic mass is 10.0. The van der Waals surface area contributed by atoms with E-state index in [0.717, 1.165) is 109 Å². The first-order valence-corrected chi connectivity index (χ1v) is 32.3. The monoisotopic (exact) mass is 1110 g/mol. The molecule has 0 aromatic carbocycles. The molecule has 0 radical (unpaired) electrons. The number of unbranched alkanes of at least 4 members (excludes halogenated alkanes) is 13. The molecule has 0 bridgehead atoms. The molecule has 1 amide bonds. The molecule has 0 fully saturated rings. The largest absolute Gasteiger partial charge is 0.756 e. The lowest BCUT2D eigenvalue weighted by Crippen LogP contribution is -2.47. The molecular formula is C69H113N2O7P. The topological polar surface area (TPSA) is 114 Å². The summed E-state index contributed by atoms with van der Waals surface area (Å²) in [7, 11) is 1.09. The summed E-state index contributed by atoms with van der Waals surface area (Å²) in [5, 5.41) is 2.96. The van der Waals surface area contributed by atoms with Crippen LogP contribution in [0.4, 0.5) is 0 Å². The van der Waals surface area contributed by atoms with E-state index in [4.69, 9.17) is 13.8 Å². The SMILES string of the molecule is CC/C=C\C/C=C\C/C=C\C/C=C\C/C=C\C/C=C\CCCCC(=O)OC(/C=C/CCCCCCCCCCCCC)C(COP(=O)([O-])OCC[N+](C)(C)C)NC(=O)CC/C=C\C/C=C\C/C=C\C/C=C\C/C=C\C/C=C\CC. The third-order valence-corrected chi connectivity index (χ3v) is 13.4. The number of phosphoric ester groups is 1. The molecule has 0 aliphatic rings. The molecule has 0 aromatic rings. The third kappa shape index (κ3) is 58.1. The van der Waals surface area contributed by atoms with Crippen LogP contribution >= 0.6 is 7.82 Å². The number of likely N-dealkylation sites (N-methyl/N-ethyl adjacent to an activating group) is 1. The maximum Gasteiger partial charge on any atom is 0.306 e. The van der Waals surface area contributed by atoms with Gasteiger partial charge in [-0.2, -0.15) is 0 Å². The van der Waals surface area contributed by atoms with Crippen LogP contribution in [0, 0.1) is 0 Å². The molecule has 0 aliphatic carbocycles. The van der Waals surface area contributed by atoms with Gasteiger partial charge in [0.15, 0.2) is 0 Å². The molecule has 10 heteroatoms. The smallest absolute Gasteiger partial charge is 0.306 e. The summed E-state index contributed by atoms with van der Waals surface area (Å²) in [6, 6.07) is -0.960. The summed E-state index contributed by atoms with van der Waals surface area (Å²) in [4.78, 5) is 40.0. The number of rotatable bonds is 53. The van der Waals surface area contributed by atoms with Crippen LogP contribution in [0.1, 0.15) is 213 Å². The first kappa shape index (κ1) is 74.6. The van der Waals surface area contributed by atoms with Gasteiger partial charge in [-0.1, -0.05) is 237 Å². The fourth-order valence-electron chi connectivity index (χ4n) is 7.78. The Hall–Kier alpha value is -4.37. The van der Waals surface area contributed by atoms with Crippen molar-refractivity contribution in [1.29, 1.82) is 0 Å². The van der Waals surface area contributed by atoms with Gasteiger partial charge in [0.2, 0.25) is 5.91 Å². The third-order valence-electron chi connectivity index (χ3n) is 12.5. The van der Waals surface area contributed by atoms with Gasteiger partial charge in [0, 0.05) is 12.8 Å². The Kier molecular flexibility index (Phi) is 53.7. The lowest BCUT2D eigenvalue weighted by Gasteiger charge is -2.30. The minimum Gasteiger partial charge on any atom is -0.756 e. The predicted molar refractivity (Wildman–Crippen MR) is 339 cm³/mol. The van der Waals surface area contributed by atoms with Crippen molar-refractivity contribution in [1.82, 2.24) is 5.32 Å². The number of ether oxygens (including phenoxy) is 1. The average Bonchev–Trinajstić information content (AvgIpc) is 3.41. The van der Waals surface area contributed by atoms with E-state index >= 15 is 0 Å². The average molecular weight is 1110 g/mol. The van der Waals surface area contributed by atoms with Crippen molar-refractivity contribution in [2.24, 2.45) is 0 Å². The highest BCUT2D eigenvalue weighted by Crippen LogP contribution is 2.38. The standard InChI is InChI=1S/C69H113N2O7P/c1-7-10-13-16-19-22-25-28-30-32-34-35-37-39-41-44-47-50-53-56-59-62-69(73)78-67(60-57-54-51-48-45-42-27-24-21-18-15-12-9-3)66(65-77-79(74,75)76-64-63-71(4,5)6)70-68(72)61-58-55-52-49-46-43-40-38-36-33-31-29-26-23-20-17-14-11-8-2/h10-11,13-14,19-20,22-23,28-31,34-36,38-39,41,43,46-47,50,52,55,57,60,66-67H,7-9,12,15-18,21,24-27,32-33,37,40,42,44-45,48-49,51,53-54,56,58-59,61-65H2,1-6H3,(H-,70,72,74,75)/b13-10-,14-11-,22-19-,23-20-,30-28-,31-29-,35-34-,38-36-,41-39-,46-43-,50-47-,55-52-,60-57+. The molecule has 1 N–H and O–H groups in total. The second-order valence-corrected chi connectivity index (χ2v) is 22.5. The van der Waals surface area contributed by atoms with Gasteiger partial charge in [-0.25, -0.2) is 0 Å². The van der Waals surface area contributed by atoms with Gasteiger partial charge in [-0.15, -0.1) is 0 Å². The van der Waals surface area contributed by atoms with Gasteiger partial charge >= 0.3 is 5.97 Å². The van der Waals surface area contributed by atoms with Gasteiger partial charge in [0.25, 0.3) is 7.82 Å². The first-order valence-electron chi connectivity index (χ1n) is 30.8. The number of hydrogen-bond donors (Lipinski definition) is 1. The molecule has 0 spiro atoms. The molecule has 3 unspecified atom stereocenters. The van der Waals surface area contributed by atoms with Crippen molar-refractivity contribution < 1.29 is 37.3 Å². The van der Waals surface area contributed by atoms with Crippen molar-refractivity contribution >= 4 is 19.7 Å². The molecule has 3 atom stereocenters. The fourth-order valence-corrected chi connectivity index (χ4v) is 8.50. The summed E-state index contributed by atoms with van der Waals surface area (Å²) >= 11 is 0. The van der Waals surface area contributed by atoms with Crippen LogP contribution in [0.3, 0.4) is 0 Å². The number of carbonyl (C=O) groups excluding carboxylic acids is 2. The number of nitrogens with zero attached hydrogens (tertiary/aromatic N) is 1. The zero-order valence-corrected chi connectivity index (χ0v) is 51.6. The lowest BCUT2D eigenvalue weighted by molar-refractivity contribution is -0.870. The Labute approximate surface area is 484 Å². The van der Waals surface area contributed by atoms with Crippen LogP contribution in [0.15, 0.2) is 158 Å². The van der Waals surface area contributed by atoms with Gasteiger partial charge in [-0.3, -0.25) is 14.2 Å². The van der Waals surface area contributed by atoms with Crippen LogP contribution < -0.4 is 10.2 Å². The van der Waals surface area contributed by atoms with Crippen LogP contribution in [0.2, 0.25) is 0 Å². The molecule has 0 aromatic heterocycles. The predicted octanol–water partition coefficient (Wildman–Crippen LogP) is 18.6. The molecule has 9 nitrogen and oxygen atoms in total. The normalized spacial score (nSPS) is 14.8. The van der Waals surface area contributed by atoms with Crippen molar-refractivity contribution in [3.05, 3.63) is 158 Å². The Balaban J connectivity index is 5.52. The molecule has 0 saturated carbocycles. The number of carbonyl (C=O) groups is 2. The van der Waals surface area contributed by atoms with Crippen molar-refractivity contribution in [3.8, 4) is 0 Å². The molecule has 0 saturated heterocycles. The molecule has 0 aliphatic heterocycles. The minimum absolute atomic E-state index is 0.0525. The van der Waals surface area contributed by atoms with E-state index in [9.17, 15) is 19.0 Å². The number of quaternary nitrogens is 1. The second kappa shape index (κ2) is 56.9. The summed E-state index contributed by atoms with van der Waals surface area (Å²) in [6.07, 6.45) is 83.7. The maximum absolute atomic E-state index is 13.5. The van der Waals surface area contributed by atoms with E-state index in [1.807, 2.05) is 39.4 Å². The maximum atomic E-state index is 13.5. The van der Waals surface area contributed by atoms with E-state index in [1.54, 1.807) is 6.08 Å². The van der Waals surface area contributed by atoms with Crippen molar-refractivity contribution in [2.75, 3.05) is 40.9 Å². The molecule has 79 heavy (non-hydrogen) atoms. The summed E-state index contributed by atoms with van der Waals surface area (Å²) in [6.45, 7) is 6.50. The highest BCUT2D eigenvalue weighted by atomic mass is 31.2. The van der Waals surface area contributed by atoms with Crippen molar-refractivity contribution in [2.45, 2.75) is 226 Å². The number of nitrogens with one attached hydrogen (secondary N) is 1. The quantitative estimate of drug-likeness (QED) is 0.0212. The van der Waals surface area contributed by atoms with Gasteiger partial charge < -0.3 is 28.5 Å². The Morgan fingerprint density at radius 2 is 0.823 bits per heavy atom. The summed E-state index contributed by atoms with van der Waals surface area (Å²) in [5.41, 5.74) is 0. The Morgan fingerprint density at radius 1 is 0.456 bits per heavy atom. The number of allylic oxidation sites excluding steroid dienone is 25. The Bertz CT molecular complexity index is 1910. The second-order valence-electron chi connectivity index (χ2n) is 21.1. The highest BCUT2D eigenvalue weighted by molar-refractivity contribution is 7.45. The molecular weight excluding hydrogens is 1000 g/mol. The number of phosphoric acid groups is 1. The van der Waals surface area contributed by atoms with Gasteiger partial charge in [0.1, 0.15) is 19.3 Å². The van der Waals surface area contributed by atoms with Crippen LogP contribution in [0.5, 0.6) is 0 Å². The molecule has 446 valence electrons. The molecule has 0 rings (SSSR count). The van der Waals surface area contributed by atoms with Crippen LogP contribution in [0.25, 0.3) is 0 Å². The van der Waals surface area contributed by atoms with E-state index in [1.165, 1.54) is 57.8 Å². The van der Waals surface area contributed by atoms with E-state index in [2.05, 4.69) is 160 Å². The summed E-state index contributed by atoms with van der Waals surface area (Å²) < 4.78 is 30.2.